The van der Waals surface area contributed by atoms with Crippen LogP contribution >= 0.6 is 15.9 Å². The molecule has 1 amide bonds. The van der Waals surface area contributed by atoms with Gasteiger partial charge in [-0.05, 0) is 36.2 Å². The Morgan fingerprint density at radius 2 is 1.68 bits per heavy atom. The van der Waals surface area contributed by atoms with Crippen LogP contribution in [0.1, 0.15) is 5.56 Å². The summed E-state index contributed by atoms with van der Waals surface area (Å²) in [6, 6.07) is 16.1. The number of hydrogen-bond acceptors (Lipinski definition) is 4. The summed E-state index contributed by atoms with van der Waals surface area (Å²) in [6.45, 7) is 2.00. The SMILES string of the molecule is O=C(CN(CCc1ccccc1)S(=O)(=O)c1ccc(Br)cc1)N1CCOCC1. The van der Waals surface area contributed by atoms with E-state index in [-0.39, 0.29) is 23.9 Å². The van der Waals surface area contributed by atoms with E-state index in [4.69, 9.17) is 4.74 Å². The molecule has 0 saturated carbocycles. The summed E-state index contributed by atoms with van der Waals surface area (Å²) in [5, 5.41) is 0. The Balaban J connectivity index is 1.80. The zero-order valence-electron chi connectivity index (χ0n) is 15.5. The second kappa shape index (κ2) is 9.65. The number of carbonyl (C=O) groups is 1. The van der Waals surface area contributed by atoms with Gasteiger partial charge in [-0.1, -0.05) is 46.3 Å². The van der Waals surface area contributed by atoms with Gasteiger partial charge in [-0.3, -0.25) is 4.79 Å². The van der Waals surface area contributed by atoms with Crippen molar-refractivity contribution in [2.45, 2.75) is 11.3 Å². The molecule has 0 atom stereocenters. The molecular weight excluding hydrogens is 444 g/mol. The summed E-state index contributed by atoms with van der Waals surface area (Å²) in [6.07, 6.45) is 0.535. The summed E-state index contributed by atoms with van der Waals surface area (Å²) in [5.74, 6) is -0.197. The van der Waals surface area contributed by atoms with Crippen LogP contribution in [0.4, 0.5) is 0 Å². The largest absolute Gasteiger partial charge is 0.378 e. The van der Waals surface area contributed by atoms with E-state index in [0.717, 1.165) is 10.0 Å². The second-order valence-corrected chi connectivity index (χ2v) is 9.37. The van der Waals surface area contributed by atoms with Crippen LogP contribution in [0.5, 0.6) is 0 Å². The quantitative estimate of drug-likeness (QED) is 0.628. The van der Waals surface area contributed by atoms with E-state index in [1.807, 2.05) is 30.3 Å². The molecule has 1 fully saturated rings. The highest BCUT2D eigenvalue weighted by molar-refractivity contribution is 9.10. The maximum atomic E-state index is 13.2. The predicted molar refractivity (Wildman–Crippen MR) is 110 cm³/mol. The molecular formula is C20H23BrN2O4S. The highest BCUT2D eigenvalue weighted by atomic mass is 79.9. The molecule has 0 unspecified atom stereocenters. The molecule has 2 aromatic rings. The Bertz CT molecular complexity index is 882. The van der Waals surface area contributed by atoms with Gasteiger partial charge in [0.05, 0.1) is 24.7 Å². The van der Waals surface area contributed by atoms with Crippen molar-refractivity contribution < 1.29 is 17.9 Å². The average Bonchev–Trinajstić information content (AvgIpc) is 2.72. The Labute approximate surface area is 174 Å². The molecule has 1 aliphatic heterocycles. The van der Waals surface area contributed by atoms with Gasteiger partial charge in [-0.2, -0.15) is 4.31 Å². The van der Waals surface area contributed by atoms with Crippen LogP contribution in [-0.2, 0) is 26.0 Å². The topological polar surface area (TPSA) is 66.9 Å². The zero-order valence-corrected chi connectivity index (χ0v) is 17.9. The number of sulfonamides is 1. The van der Waals surface area contributed by atoms with Crippen LogP contribution in [-0.4, -0.2) is 62.9 Å². The minimum Gasteiger partial charge on any atom is -0.378 e. The van der Waals surface area contributed by atoms with Crippen LogP contribution in [0.25, 0.3) is 0 Å². The van der Waals surface area contributed by atoms with Gasteiger partial charge in [-0.25, -0.2) is 8.42 Å². The molecule has 0 spiro atoms. The van der Waals surface area contributed by atoms with Gasteiger partial charge in [0.15, 0.2) is 0 Å². The van der Waals surface area contributed by atoms with Crippen molar-refractivity contribution in [3.8, 4) is 0 Å². The van der Waals surface area contributed by atoms with E-state index in [2.05, 4.69) is 15.9 Å². The number of morpholine rings is 1. The van der Waals surface area contributed by atoms with Crippen molar-refractivity contribution in [1.82, 2.24) is 9.21 Å². The van der Waals surface area contributed by atoms with Gasteiger partial charge in [0.1, 0.15) is 0 Å². The van der Waals surface area contributed by atoms with Gasteiger partial charge in [-0.15, -0.1) is 0 Å². The monoisotopic (exact) mass is 466 g/mol. The lowest BCUT2D eigenvalue weighted by Gasteiger charge is -2.29. The minimum atomic E-state index is -3.79. The van der Waals surface area contributed by atoms with Gasteiger partial charge in [0, 0.05) is 24.1 Å². The minimum absolute atomic E-state index is 0.175. The summed E-state index contributed by atoms with van der Waals surface area (Å²) < 4.78 is 33.8. The van der Waals surface area contributed by atoms with Crippen LogP contribution < -0.4 is 0 Å². The maximum Gasteiger partial charge on any atom is 0.243 e. The van der Waals surface area contributed by atoms with Crippen molar-refractivity contribution in [2.75, 3.05) is 39.4 Å². The number of halogens is 1. The Kier molecular flexibility index (Phi) is 7.23. The van der Waals surface area contributed by atoms with Crippen molar-refractivity contribution in [3.63, 3.8) is 0 Å². The Hall–Kier alpha value is -1.74. The normalized spacial score (nSPS) is 15.0. The third-order valence-electron chi connectivity index (χ3n) is 4.62. The van der Waals surface area contributed by atoms with Crippen molar-refractivity contribution in [1.29, 1.82) is 0 Å². The molecule has 2 aromatic carbocycles. The lowest BCUT2D eigenvalue weighted by atomic mass is 10.1. The summed E-state index contributed by atoms with van der Waals surface area (Å²) in [4.78, 5) is 14.6. The molecule has 3 rings (SSSR count). The third kappa shape index (κ3) is 5.41. The molecule has 0 N–H and O–H groups in total. The first kappa shape index (κ1) is 21.0. The van der Waals surface area contributed by atoms with Crippen LogP contribution in [0.3, 0.4) is 0 Å². The van der Waals surface area contributed by atoms with Gasteiger partial charge >= 0.3 is 0 Å². The fourth-order valence-corrected chi connectivity index (χ4v) is 4.66. The van der Waals surface area contributed by atoms with E-state index in [1.54, 1.807) is 29.2 Å². The lowest BCUT2D eigenvalue weighted by molar-refractivity contribution is -0.135. The standard InChI is InChI=1S/C20H23BrN2O4S/c21-18-6-8-19(9-7-18)28(25,26)23(11-10-17-4-2-1-3-5-17)16-20(24)22-12-14-27-15-13-22/h1-9H,10-16H2. The van der Waals surface area contributed by atoms with E-state index in [1.165, 1.54) is 4.31 Å². The summed E-state index contributed by atoms with van der Waals surface area (Å²) in [5.41, 5.74) is 1.03. The van der Waals surface area contributed by atoms with Gasteiger partial charge in [0.25, 0.3) is 0 Å². The molecule has 28 heavy (non-hydrogen) atoms. The number of ether oxygens (including phenoxy) is 1. The highest BCUT2D eigenvalue weighted by Crippen LogP contribution is 2.20. The zero-order chi connectivity index (χ0) is 20.0. The smallest absolute Gasteiger partial charge is 0.243 e. The van der Waals surface area contributed by atoms with Gasteiger partial charge < -0.3 is 9.64 Å². The molecule has 150 valence electrons. The van der Waals surface area contributed by atoms with Crippen molar-refractivity contribution in [2.24, 2.45) is 0 Å². The van der Waals surface area contributed by atoms with Crippen molar-refractivity contribution in [3.05, 3.63) is 64.6 Å². The van der Waals surface area contributed by atoms with Crippen LogP contribution in [0, 0.1) is 0 Å². The summed E-state index contributed by atoms with van der Waals surface area (Å²) >= 11 is 3.32. The maximum absolute atomic E-state index is 13.2. The van der Waals surface area contributed by atoms with E-state index in [9.17, 15) is 13.2 Å². The van der Waals surface area contributed by atoms with Crippen LogP contribution in [0.2, 0.25) is 0 Å². The number of carbonyl (C=O) groups excluding carboxylic acids is 1. The molecule has 0 aliphatic carbocycles. The number of benzene rings is 2. The highest BCUT2D eigenvalue weighted by Gasteiger charge is 2.28. The first-order chi connectivity index (χ1) is 13.5. The number of rotatable bonds is 7. The van der Waals surface area contributed by atoms with E-state index >= 15 is 0 Å². The third-order valence-corrected chi connectivity index (χ3v) is 7.01. The van der Waals surface area contributed by atoms with E-state index in [0.29, 0.717) is 32.7 Å². The molecule has 1 aliphatic rings. The number of hydrogen-bond donors (Lipinski definition) is 0. The number of nitrogens with zero attached hydrogens (tertiary/aromatic N) is 2. The molecule has 0 radical (unpaired) electrons. The molecule has 1 saturated heterocycles. The fourth-order valence-electron chi connectivity index (χ4n) is 3.00. The predicted octanol–water partition coefficient (Wildman–Crippen LogP) is 2.54. The molecule has 1 heterocycles. The molecule has 8 heteroatoms. The molecule has 0 bridgehead atoms. The van der Waals surface area contributed by atoms with E-state index < -0.39 is 10.0 Å². The summed E-state index contributed by atoms with van der Waals surface area (Å²) in [7, 11) is -3.79. The lowest BCUT2D eigenvalue weighted by Crippen LogP contribution is -2.47. The number of amides is 1. The van der Waals surface area contributed by atoms with Crippen LogP contribution in [0.15, 0.2) is 64.0 Å². The fraction of sp³-hybridized carbons (Fsp3) is 0.350. The Morgan fingerprint density at radius 1 is 1.04 bits per heavy atom. The van der Waals surface area contributed by atoms with Gasteiger partial charge in [0.2, 0.25) is 15.9 Å². The molecule has 0 aromatic heterocycles. The molecule has 6 nitrogen and oxygen atoms in total. The van der Waals surface area contributed by atoms with Crippen molar-refractivity contribution >= 4 is 31.9 Å². The first-order valence-corrected chi connectivity index (χ1v) is 11.4. The first-order valence-electron chi connectivity index (χ1n) is 9.12. The second-order valence-electron chi connectivity index (χ2n) is 6.52. The Morgan fingerprint density at radius 3 is 2.32 bits per heavy atom. The average molecular weight is 467 g/mol.